The number of nitrogens with one attached hydrogen (secondary N) is 4. The molecule has 15 N–H and O–H groups in total. The van der Waals surface area contributed by atoms with E-state index in [4.69, 9.17) is 56.6 Å². The number of rotatable bonds is 37. The zero-order valence-electron chi connectivity index (χ0n) is 57.0. The van der Waals surface area contributed by atoms with Gasteiger partial charge in [-0.2, -0.15) is 19.3 Å². The molecule has 3 aliphatic heterocycles. The molecule has 3 aromatic heterocycles. The van der Waals surface area contributed by atoms with Gasteiger partial charge in [0.05, 0.1) is 70.1 Å². The molecule has 5 unspecified atom stereocenters. The van der Waals surface area contributed by atoms with Crippen LogP contribution in [-0.4, -0.2) is 201 Å². The van der Waals surface area contributed by atoms with Crippen molar-refractivity contribution in [3.63, 3.8) is 0 Å². The number of aromatic amines is 2. The third kappa shape index (κ3) is 21.6. The minimum absolute atomic E-state index is 0.0205. The number of phosphoric acid groups is 2. The van der Waals surface area contributed by atoms with E-state index >= 15 is 0 Å². The van der Waals surface area contributed by atoms with Crippen molar-refractivity contribution in [2.45, 2.75) is 107 Å². The molecule has 7 aromatic rings. The Morgan fingerprint density at radius 2 is 1.28 bits per heavy atom. The second-order valence-electron chi connectivity index (χ2n) is 24.7. The van der Waals surface area contributed by atoms with Gasteiger partial charge in [0.15, 0.2) is 0 Å². The number of ether oxygens (including phenoxy) is 5. The number of amides is 2. The third-order valence-electron chi connectivity index (χ3n) is 17.2. The van der Waals surface area contributed by atoms with Crippen molar-refractivity contribution in [2.24, 2.45) is 0 Å². The molecule has 10 rings (SSSR count). The third-order valence-corrected chi connectivity index (χ3v) is 20.2. The van der Waals surface area contributed by atoms with Gasteiger partial charge >= 0.3 is 46.9 Å². The van der Waals surface area contributed by atoms with Crippen LogP contribution in [0, 0.1) is 6.92 Å². The number of hydrogen-bond donors (Lipinski definition) is 14. The Balaban J connectivity index is 0.690. The van der Waals surface area contributed by atoms with Crippen LogP contribution in [0.3, 0.4) is 0 Å². The molecule has 3 fully saturated rings. The summed E-state index contributed by atoms with van der Waals surface area (Å²) in [4.78, 5) is 154. The molecule has 578 valence electrons. The summed E-state index contributed by atoms with van der Waals surface area (Å²) in [7, 11) is -14.8. The number of nitrogens with zero attached hydrogens (tertiary/aromatic N) is 4. The van der Waals surface area contributed by atoms with Crippen LogP contribution in [0.15, 0.2) is 115 Å². The number of aliphatic hydroxyl groups excluding tert-OH is 2. The minimum Gasteiger partial charge on any atom is -0.508 e. The number of aliphatic hydroxyl groups is 2. The lowest BCUT2D eigenvalue weighted by Gasteiger charge is -2.22. The van der Waals surface area contributed by atoms with Crippen LogP contribution in [0.1, 0.15) is 95.5 Å². The summed E-state index contributed by atoms with van der Waals surface area (Å²) in [5.74, 6) is -2.39. The second kappa shape index (κ2) is 36.1. The fourth-order valence-corrected chi connectivity index (χ4v) is 14.6. The van der Waals surface area contributed by atoms with Crippen LogP contribution < -0.4 is 44.6 Å². The number of benzene rings is 4. The van der Waals surface area contributed by atoms with Gasteiger partial charge in [-0.1, -0.05) is 25.0 Å². The Hall–Kier alpha value is -8.60. The maximum absolute atomic E-state index is 13.5. The lowest BCUT2D eigenvalue weighted by molar-refractivity contribution is -0.116. The highest BCUT2D eigenvalue weighted by Gasteiger charge is 2.52. The summed E-state index contributed by atoms with van der Waals surface area (Å²) < 4.78 is 88.4. The van der Waals surface area contributed by atoms with Crippen molar-refractivity contribution in [1.82, 2.24) is 39.3 Å². The van der Waals surface area contributed by atoms with Crippen molar-refractivity contribution in [3.8, 4) is 22.6 Å². The molecule has 6 heterocycles. The number of unbranched alkanes of at least 4 members (excludes halogenated alkanes) is 3. The molecule has 0 spiro atoms. The van der Waals surface area contributed by atoms with Crippen LogP contribution >= 0.6 is 23.8 Å². The number of phenols is 2. The van der Waals surface area contributed by atoms with Crippen molar-refractivity contribution in [3.05, 3.63) is 166 Å². The number of aromatic carboxylic acids is 1. The molecule has 0 saturated carbocycles. The first-order chi connectivity index (χ1) is 50.9. The smallest absolute Gasteiger partial charge is 0.508 e. The monoisotopic (exact) mass is 1560 g/mol. The number of aromatic nitrogens is 6. The molecule has 2 amide bonds. The Bertz CT molecular complexity index is 4760. The number of hydrogen-bond acceptors (Lipinski definition) is 29. The predicted octanol–water partition coefficient (Wildman–Crippen LogP) is 2.39. The van der Waals surface area contributed by atoms with Crippen LogP contribution in [0.2, 0.25) is 0 Å². The van der Waals surface area contributed by atoms with Crippen LogP contribution in [0.5, 0.6) is 11.5 Å². The maximum atomic E-state index is 13.5. The van der Waals surface area contributed by atoms with E-state index in [0.717, 1.165) is 32.1 Å². The molecule has 42 heteroatoms. The molecule has 39 nitrogen and oxygen atoms in total. The molecule has 11 atom stereocenters. The molecular weight excluding hydrogens is 1480 g/mol. The Morgan fingerprint density at radius 1 is 0.692 bits per heavy atom. The van der Waals surface area contributed by atoms with Crippen molar-refractivity contribution >= 4 is 75.0 Å². The van der Waals surface area contributed by atoms with E-state index in [1.54, 1.807) is 18.2 Å². The van der Waals surface area contributed by atoms with E-state index < -0.39 is 165 Å². The second-order valence-corrected chi connectivity index (χ2v) is 29.0. The van der Waals surface area contributed by atoms with Gasteiger partial charge in [0, 0.05) is 68.1 Å². The number of carboxylic acid groups (broad SMARTS) is 1. The van der Waals surface area contributed by atoms with E-state index in [0.29, 0.717) is 52.8 Å². The van der Waals surface area contributed by atoms with Gasteiger partial charge in [-0.25, -0.2) is 28.3 Å². The number of H-pyrrole nitrogens is 2. The number of nitrogens with two attached hydrogens (primary N) is 1. The highest BCUT2D eigenvalue weighted by Crippen LogP contribution is 2.57. The largest absolute Gasteiger partial charge is 0.570 e. The van der Waals surface area contributed by atoms with E-state index in [-0.39, 0.29) is 97.5 Å². The number of fused-ring (bicyclic) bond motifs is 2. The van der Waals surface area contributed by atoms with Gasteiger partial charge in [-0.15, -0.1) is 4.52 Å². The van der Waals surface area contributed by atoms with Gasteiger partial charge in [0.1, 0.15) is 73.1 Å². The highest BCUT2D eigenvalue weighted by molar-refractivity contribution is 7.54. The SMILES string of the molecule is Cc1cn([C@H]2CC(O[P+](O)(O)OC[C@H]3O[C@@H](n4cc(C=CC(=O)NCCCCCCNC(=O)c5ccc(C(=O)O)c(-c6c7ccc(O)cc7cc7cc(O)ccc67)c5)c(=O)[nH]c4=O)CC3OP(=O)(O)OCCOCCOCCOP(=O)(O)OC[C@H]3O[C@@H](n4ccc(N)nc4=O)CC3O)[C@@H](CO)O2)c(=O)[nH]c1=O. The average Bonchev–Trinajstić information content (AvgIpc) is 1.49. The zero-order valence-corrected chi connectivity index (χ0v) is 59.7. The van der Waals surface area contributed by atoms with Gasteiger partial charge in [-0.05, 0) is 113 Å². The normalized spacial score (nSPS) is 21.5. The molecular formula is C65H79N9O30P3+. The highest BCUT2D eigenvalue weighted by atomic mass is 31.2. The summed E-state index contributed by atoms with van der Waals surface area (Å²) in [6.07, 6.45) is -4.49. The molecule has 3 aliphatic rings. The zero-order chi connectivity index (χ0) is 76.9. The first kappa shape index (κ1) is 80.9. The fourth-order valence-electron chi connectivity index (χ4n) is 11.9. The number of carboxylic acids is 1. The Morgan fingerprint density at radius 3 is 1.93 bits per heavy atom. The Kier molecular flexibility index (Phi) is 27.3. The average molecular weight is 1560 g/mol. The quantitative estimate of drug-likeness (QED) is 0.0115. The summed E-state index contributed by atoms with van der Waals surface area (Å²) in [5, 5.41) is 59.2. The van der Waals surface area contributed by atoms with E-state index in [1.807, 2.05) is 0 Å². The first-order valence-electron chi connectivity index (χ1n) is 33.3. The molecule has 0 radical (unpaired) electrons. The molecule has 4 aromatic carbocycles. The van der Waals surface area contributed by atoms with E-state index in [9.17, 15) is 92.6 Å². The number of phosphoric ester groups is 2. The lowest BCUT2D eigenvalue weighted by Crippen LogP contribution is -2.34. The Labute approximate surface area is 605 Å². The standard InChI is InChI=1S/C65H78N9O30P3/c1-36-31-73(64(86)70-59(36)80)56-29-48(50(33-75)100-56)103-107(92,93)99-35-52-49(104-106(90,91)97-23-21-95-19-18-94-20-22-96-105(88,89)98-34-51-47(78)28-55(101-51)72-17-14-53(66)69-63(72)85)30-57(102-52)74-32-38(61(82)71-65(74)87)7-13-54(79)67-15-4-2-3-5-16-68-60(81)37-6-10-45(62(83)84)46(27-37)58-43-11-8-41(76)25-39(43)24-40-26-42(77)9-12-44(40)58/h6-14,17,24-27,31-32,47-52,55-57,75,78,92-93H,2-5,15-16,18-23,28-30,33-35H2,1H3,(H10-,66,67,68,69,70,71,76,77,79,80,81,82,83,84,85,86,87,88,89,90,91)/p+1/t47?,48?,49?,50-,51-,52-,55-,56-,57-/m1/s1. The van der Waals surface area contributed by atoms with Crippen LogP contribution in [-0.2, 0) is 64.8 Å². The predicted molar refractivity (Wildman–Crippen MR) is 375 cm³/mol. The number of aromatic hydroxyl groups is 2. The number of phenolic OH excluding ortho intramolecular Hbond substituents is 2. The summed E-state index contributed by atoms with van der Waals surface area (Å²) >= 11 is 0. The summed E-state index contributed by atoms with van der Waals surface area (Å²) in [6.45, 7) is -2.19. The van der Waals surface area contributed by atoms with E-state index in [1.165, 1.54) is 67.8 Å². The van der Waals surface area contributed by atoms with Crippen LogP contribution in [0.4, 0.5) is 5.82 Å². The number of nitrogen functional groups attached to an aromatic ring is 1. The molecule has 3 saturated heterocycles. The molecule has 0 aliphatic carbocycles. The molecule has 107 heavy (non-hydrogen) atoms. The summed E-state index contributed by atoms with van der Waals surface area (Å²) in [5.41, 5.74) is 2.01. The number of carbonyl (C=O) groups excluding carboxylic acids is 2. The van der Waals surface area contributed by atoms with Gasteiger partial charge in [-0.3, -0.25) is 60.9 Å². The fraction of sp³-hybridized carbons (Fsp3) is 0.431. The van der Waals surface area contributed by atoms with Crippen LogP contribution in [0.25, 0.3) is 38.7 Å². The van der Waals surface area contributed by atoms with Gasteiger partial charge in [0.2, 0.25) is 5.91 Å². The van der Waals surface area contributed by atoms with Crippen molar-refractivity contribution in [1.29, 1.82) is 0 Å². The molecule has 0 bridgehead atoms. The minimum atomic E-state index is -5.13. The van der Waals surface area contributed by atoms with Crippen molar-refractivity contribution in [2.75, 3.05) is 78.3 Å². The number of aryl methyl sites for hydroxylation is 1. The van der Waals surface area contributed by atoms with Crippen molar-refractivity contribution < 1.29 is 119 Å². The first-order valence-corrected chi connectivity index (χ1v) is 37.8. The van der Waals surface area contributed by atoms with E-state index in [2.05, 4.69) is 25.6 Å². The lowest BCUT2D eigenvalue weighted by atomic mass is 9.88. The summed E-state index contributed by atoms with van der Waals surface area (Å²) in [6, 6.07) is 16.6. The topological polar surface area (TPSA) is 564 Å². The maximum Gasteiger partial charge on any atom is 0.570 e. The number of anilines is 1. The van der Waals surface area contributed by atoms with Gasteiger partial charge < -0.3 is 75.4 Å². The number of carbonyl (C=O) groups is 3. The van der Waals surface area contributed by atoms with Gasteiger partial charge in [0.25, 0.3) is 17.0 Å².